The Morgan fingerprint density at radius 2 is 2.25 bits per heavy atom. The van der Waals surface area contributed by atoms with Crippen LogP contribution in [0, 0.1) is 11.8 Å². The van der Waals surface area contributed by atoms with Crippen molar-refractivity contribution in [2.45, 2.75) is 58.5 Å². The van der Waals surface area contributed by atoms with Gasteiger partial charge in [0.15, 0.2) is 0 Å². The molecule has 1 N–H and O–H groups in total. The minimum absolute atomic E-state index is 0.0767. The standard InChI is InChI=1S/C13H24N2O/c1-4-6-10-7-11(10)15-8-14-12(13(15)16)9(3)5-2/h9-12,14H,4-8H2,1-3H3. The molecule has 3 heteroatoms. The molecule has 0 aromatic carbocycles. The molecule has 3 nitrogen and oxygen atoms in total. The summed E-state index contributed by atoms with van der Waals surface area (Å²) in [5.74, 6) is 1.59. The minimum atomic E-state index is 0.0767. The fourth-order valence-corrected chi connectivity index (χ4v) is 2.80. The van der Waals surface area contributed by atoms with Crippen LogP contribution >= 0.6 is 0 Å². The third-order valence-electron chi connectivity index (χ3n) is 4.19. The van der Waals surface area contributed by atoms with E-state index in [1.807, 2.05) is 0 Å². The SMILES string of the molecule is CCCC1CC1N1CNC(C(C)CC)C1=O. The minimum Gasteiger partial charge on any atom is -0.325 e. The van der Waals surface area contributed by atoms with Crippen molar-refractivity contribution in [1.82, 2.24) is 10.2 Å². The summed E-state index contributed by atoms with van der Waals surface area (Å²) >= 11 is 0. The molecular weight excluding hydrogens is 200 g/mol. The predicted octanol–water partition coefficient (Wildman–Crippen LogP) is 1.98. The van der Waals surface area contributed by atoms with Gasteiger partial charge in [0, 0.05) is 6.04 Å². The van der Waals surface area contributed by atoms with Crippen molar-refractivity contribution in [3.8, 4) is 0 Å². The maximum atomic E-state index is 12.2. The Bertz CT molecular complexity index is 267. The van der Waals surface area contributed by atoms with Crippen LogP contribution in [-0.4, -0.2) is 29.6 Å². The monoisotopic (exact) mass is 224 g/mol. The highest BCUT2D eigenvalue weighted by Gasteiger charge is 2.47. The summed E-state index contributed by atoms with van der Waals surface area (Å²) in [5.41, 5.74) is 0. The lowest BCUT2D eigenvalue weighted by Gasteiger charge is -2.18. The highest BCUT2D eigenvalue weighted by Crippen LogP contribution is 2.40. The van der Waals surface area contributed by atoms with Gasteiger partial charge >= 0.3 is 0 Å². The molecule has 1 amide bonds. The van der Waals surface area contributed by atoms with Gasteiger partial charge in [-0.15, -0.1) is 0 Å². The Balaban J connectivity index is 1.88. The van der Waals surface area contributed by atoms with Crippen LogP contribution in [-0.2, 0) is 4.79 Å². The topological polar surface area (TPSA) is 32.3 Å². The third kappa shape index (κ3) is 2.10. The van der Waals surface area contributed by atoms with Crippen LogP contribution in [0.4, 0.5) is 0 Å². The van der Waals surface area contributed by atoms with Gasteiger partial charge < -0.3 is 4.90 Å². The van der Waals surface area contributed by atoms with Gasteiger partial charge in [-0.05, 0) is 24.7 Å². The largest absolute Gasteiger partial charge is 0.325 e. The number of carbonyl (C=O) groups is 1. The van der Waals surface area contributed by atoms with Gasteiger partial charge in [0.2, 0.25) is 5.91 Å². The van der Waals surface area contributed by atoms with E-state index in [9.17, 15) is 4.79 Å². The van der Waals surface area contributed by atoms with E-state index in [1.165, 1.54) is 19.3 Å². The molecule has 4 unspecified atom stereocenters. The zero-order valence-corrected chi connectivity index (χ0v) is 10.7. The van der Waals surface area contributed by atoms with E-state index in [0.29, 0.717) is 17.9 Å². The summed E-state index contributed by atoms with van der Waals surface area (Å²) in [6, 6.07) is 0.627. The molecule has 2 fully saturated rings. The molecule has 0 spiro atoms. The second-order valence-electron chi connectivity index (χ2n) is 5.39. The first kappa shape index (κ1) is 11.9. The lowest BCUT2D eigenvalue weighted by atomic mass is 9.99. The summed E-state index contributed by atoms with van der Waals surface area (Å²) in [7, 11) is 0. The van der Waals surface area contributed by atoms with Crippen LogP contribution in [0.3, 0.4) is 0 Å². The maximum absolute atomic E-state index is 12.2. The Hall–Kier alpha value is -0.570. The van der Waals surface area contributed by atoms with Crippen LogP contribution < -0.4 is 5.32 Å². The highest BCUT2D eigenvalue weighted by atomic mass is 16.2. The van der Waals surface area contributed by atoms with Crippen molar-refractivity contribution in [2.24, 2.45) is 11.8 Å². The summed E-state index contributed by atoms with van der Waals surface area (Å²) in [4.78, 5) is 14.3. The maximum Gasteiger partial charge on any atom is 0.241 e. The lowest BCUT2D eigenvalue weighted by molar-refractivity contribution is -0.130. The molecule has 0 aromatic rings. The van der Waals surface area contributed by atoms with E-state index in [-0.39, 0.29) is 6.04 Å². The number of amides is 1. The zero-order chi connectivity index (χ0) is 11.7. The van der Waals surface area contributed by atoms with E-state index in [4.69, 9.17) is 0 Å². The van der Waals surface area contributed by atoms with Gasteiger partial charge in [-0.25, -0.2) is 0 Å². The number of nitrogens with one attached hydrogen (secondary N) is 1. The average molecular weight is 224 g/mol. The van der Waals surface area contributed by atoms with Gasteiger partial charge in [-0.3, -0.25) is 10.1 Å². The van der Waals surface area contributed by atoms with Crippen molar-refractivity contribution in [3.05, 3.63) is 0 Å². The molecule has 2 rings (SSSR count). The first-order valence-corrected chi connectivity index (χ1v) is 6.72. The molecule has 4 atom stereocenters. The molecule has 92 valence electrons. The van der Waals surface area contributed by atoms with E-state index >= 15 is 0 Å². The normalized spacial score (nSPS) is 35.6. The third-order valence-corrected chi connectivity index (χ3v) is 4.19. The summed E-state index contributed by atoms with van der Waals surface area (Å²) in [6.07, 6.45) is 4.82. The molecule has 0 radical (unpaired) electrons. The van der Waals surface area contributed by atoms with E-state index in [1.54, 1.807) is 0 Å². The van der Waals surface area contributed by atoms with Crippen molar-refractivity contribution in [3.63, 3.8) is 0 Å². The molecule has 0 aromatic heterocycles. The van der Waals surface area contributed by atoms with Gasteiger partial charge in [-0.1, -0.05) is 33.6 Å². The van der Waals surface area contributed by atoms with E-state index in [0.717, 1.165) is 19.0 Å². The van der Waals surface area contributed by atoms with Gasteiger partial charge in [0.1, 0.15) is 0 Å². The number of carbonyl (C=O) groups excluding carboxylic acids is 1. The van der Waals surface area contributed by atoms with Crippen LogP contribution in [0.1, 0.15) is 46.5 Å². The molecule has 0 bridgehead atoms. The molecule has 1 aliphatic heterocycles. The first-order chi connectivity index (χ1) is 7.69. The predicted molar refractivity (Wildman–Crippen MR) is 64.9 cm³/mol. The Labute approximate surface area is 98.6 Å². The number of hydrogen-bond acceptors (Lipinski definition) is 2. The summed E-state index contributed by atoms with van der Waals surface area (Å²) < 4.78 is 0. The van der Waals surface area contributed by atoms with Crippen LogP contribution in [0.5, 0.6) is 0 Å². The molecule has 1 saturated heterocycles. The summed E-state index contributed by atoms with van der Waals surface area (Å²) in [6.45, 7) is 7.31. The number of hydrogen-bond donors (Lipinski definition) is 1. The average Bonchev–Trinajstić information content (AvgIpc) is 2.93. The van der Waals surface area contributed by atoms with Crippen molar-refractivity contribution in [1.29, 1.82) is 0 Å². The highest BCUT2D eigenvalue weighted by molar-refractivity contribution is 5.84. The van der Waals surface area contributed by atoms with E-state index < -0.39 is 0 Å². The van der Waals surface area contributed by atoms with Crippen molar-refractivity contribution < 1.29 is 4.79 Å². The van der Waals surface area contributed by atoms with Crippen LogP contribution in [0.25, 0.3) is 0 Å². The molecule has 2 aliphatic rings. The Kier molecular flexibility index (Phi) is 3.53. The molecular formula is C13H24N2O. The molecule has 1 heterocycles. The second-order valence-corrected chi connectivity index (χ2v) is 5.39. The lowest BCUT2D eigenvalue weighted by Crippen LogP contribution is -2.36. The number of rotatable bonds is 5. The van der Waals surface area contributed by atoms with Crippen LogP contribution in [0.15, 0.2) is 0 Å². The van der Waals surface area contributed by atoms with Crippen molar-refractivity contribution >= 4 is 5.91 Å². The van der Waals surface area contributed by atoms with Crippen LogP contribution in [0.2, 0.25) is 0 Å². The van der Waals surface area contributed by atoms with Gasteiger partial charge in [0.25, 0.3) is 0 Å². The fraction of sp³-hybridized carbons (Fsp3) is 0.923. The van der Waals surface area contributed by atoms with Gasteiger partial charge in [0.05, 0.1) is 12.7 Å². The molecule has 1 saturated carbocycles. The van der Waals surface area contributed by atoms with E-state index in [2.05, 4.69) is 31.0 Å². The van der Waals surface area contributed by atoms with Gasteiger partial charge in [-0.2, -0.15) is 0 Å². The Morgan fingerprint density at radius 3 is 2.88 bits per heavy atom. The Morgan fingerprint density at radius 1 is 1.50 bits per heavy atom. The number of nitrogens with zero attached hydrogens (tertiary/aromatic N) is 1. The fourth-order valence-electron chi connectivity index (χ4n) is 2.80. The molecule has 1 aliphatic carbocycles. The molecule has 16 heavy (non-hydrogen) atoms. The zero-order valence-electron chi connectivity index (χ0n) is 10.7. The van der Waals surface area contributed by atoms with Crippen molar-refractivity contribution in [2.75, 3.05) is 6.67 Å². The first-order valence-electron chi connectivity index (χ1n) is 6.72. The summed E-state index contributed by atoms with van der Waals surface area (Å²) in [5, 5.41) is 3.37. The quantitative estimate of drug-likeness (QED) is 0.774. The smallest absolute Gasteiger partial charge is 0.241 e. The second kappa shape index (κ2) is 4.74.